The molecule has 41 heavy (non-hydrogen) atoms. The van der Waals surface area contributed by atoms with Gasteiger partial charge >= 0.3 is 0 Å². The van der Waals surface area contributed by atoms with Gasteiger partial charge in [-0.05, 0) is 23.1 Å². The number of hydrogen-bond donors (Lipinski definition) is 2. The van der Waals surface area contributed by atoms with Crippen molar-refractivity contribution in [2.24, 2.45) is 5.92 Å². The van der Waals surface area contributed by atoms with Crippen molar-refractivity contribution in [3.05, 3.63) is 114 Å². The third-order valence-electron chi connectivity index (χ3n) is 7.50. The average molecular weight is 552 g/mol. The second kappa shape index (κ2) is 12.5. The molecule has 5 aromatic rings. The fourth-order valence-corrected chi connectivity index (χ4v) is 5.37. The zero-order valence-corrected chi connectivity index (χ0v) is 22.6. The number of nitrogens with two attached hydrogens (primary N) is 1. The van der Waals surface area contributed by atoms with Crippen molar-refractivity contribution in [3.8, 4) is 5.88 Å². The highest BCUT2D eigenvalue weighted by molar-refractivity contribution is 5.77. The molecule has 1 aliphatic carbocycles. The molecule has 1 aliphatic rings. The minimum absolute atomic E-state index is 0.0782. The van der Waals surface area contributed by atoms with Gasteiger partial charge in [0.1, 0.15) is 6.61 Å². The van der Waals surface area contributed by atoms with Crippen molar-refractivity contribution >= 4 is 17.1 Å². The molecule has 3 N–H and O–H groups in total. The van der Waals surface area contributed by atoms with Crippen LogP contribution in [0.25, 0.3) is 11.2 Å². The van der Waals surface area contributed by atoms with E-state index >= 15 is 0 Å². The van der Waals surface area contributed by atoms with Crippen LogP contribution in [-0.2, 0) is 29.3 Å². The second-order valence-corrected chi connectivity index (χ2v) is 10.3. The summed E-state index contributed by atoms with van der Waals surface area (Å²) in [5.74, 6) is 0.134. The van der Waals surface area contributed by atoms with Crippen molar-refractivity contribution < 1.29 is 19.3 Å². The second-order valence-electron chi connectivity index (χ2n) is 10.3. The van der Waals surface area contributed by atoms with Crippen molar-refractivity contribution in [1.29, 1.82) is 0 Å². The first kappa shape index (κ1) is 26.9. The van der Waals surface area contributed by atoms with Gasteiger partial charge in [-0.3, -0.25) is 0 Å². The maximum absolute atomic E-state index is 11.6. The van der Waals surface area contributed by atoms with Crippen molar-refractivity contribution in [2.75, 3.05) is 12.3 Å². The van der Waals surface area contributed by atoms with E-state index in [1.54, 1.807) is 6.33 Å². The van der Waals surface area contributed by atoms with Crippen molar-refractivity contribution in [2.45, 2.75) is 44.5 Å². The lowest BCUT2D eigenvalue weighted by molar-refractivity contribution is -0.0475. The maximum Gasteiger partial charge on any atom is 0.247 e. The molecule has 1 saturated carbocycles. The molecule has 9 heteroatoms. The predicted octanol–water partition coefficient (Wildman–Crippen LogP) is 4.71. The van der Waals surface area contributed by atoms with E-state index in [1.165, 1.54) is 0 Å². The van der Waals surface area contributed by atoms with E-state index in [0.29, 0.717) is 49.9 Å². The van der Waals surface area contributed by atoms with Gasteiger partial charge in [0.2, 0.25) is 11.8 Å². The number of hydrogen-bond acceptors (Lipinski definition) is 8. The van der Waals surface area contributed by atoms with E-state index in [4.69, 9.17) is 19.9 Å². The lowest BCUT2D eigenvalue weighted by atomic mass is 10.0. The standard InChI is InChI=1S/C32H33N5O4/c33-32-35-30-28(31(36-32)41-19-24-14-8-3-9-15-24)34-21-37(30)26-16-27(40-18-23-12-6-2-7-13-23)25(29(26)38)20-39-17-22-10-4-1-5-11-22/h1-15,21,25-27,29,38H,16-20H2,(H2,33,35,36)/t25-,26+,27+,29+/m1/s1. The summed E-state index contributed by atoms with van der Waals surface area (Å²) in [6.07, 6.45) is 1.23. The van der Waals surface area contributed by atoms with E-state index in [2.05, 4.69) is 15.0 Å². The Labute approximate surface area is 238 Å². The number of imidazole rings is 1. The Balaban J connectivity index is 1.23. The van der Waals surface area contributed by atoms with Crippen molar-refractivity contribution in [3.63, 3.8) is 0 Å². The topological polar surface area (TPSA) is 118 Å². The van der Waals surface area contributed by atoms with Gasteiger partial charge in [-0.1, -0.05) is 91.0 Å². The summed E-state index contributed by atoms with van der Waals surface area (Å²) in [6.45, 7) is 1.57. The number of benzene rings is 3. The Kier molecular flexibility index (Phi) is 8.18. The highest BCUT2D eigenvalue weighted by atomic mass is 16.5. The van der Waals surface area contributed by atoms with Crippen LogP contribution in [0.2, 0.25) is 0 Å². The molecule has 2 aromatic heterocycles. The van der Waals surface area contributed by atoms with Crippen LogP contribution in [0.1, 0.15) is 29.2 Å². The number of aliphatic hydroxyl groups is 1. The third kappa shape index (κ3) is 6.22. The summed E-state index contributed by atoms with van der Waals surface area (Å²) in [7, 11) is 0. The molecular weight excluding hydrogens is 518 g/mol. The molecule has 0 radical (unpaired) electrons. The van der Waals surface area contributed by atoms with Crippen molar-refractivity contribution in [1.82, 2.24) is 19.5 Å². The summed E-state index contributed by atoms with van der Waals surface area (Å²) >= 11 is 0. The first-order valence-corrected chi connectivity index (χ1v) is 13.8. The lowest BCUT2D eigenvalue weighted by Crippen LogP contribution is -2.31. The minimum atomic E-state index is -0.756. The first-order chi connectivity index (χ1) is 20.2. The Morgan fingerprint density at radius 1 is 0.805 bits per heavy atom. The summed E-state index contributed by atoms with van der Waals surface area (Å²) in [4.78, 5) is 13.3. The number of nitrogen functional groups attached to an aromatic ring is 1. The summed E-state index contributed by atoms with van der Waals surface area (Å²) in [5, 5.41) is 11.6. The zero-order chi connectivity index (χ0) is 28.0. The van der Waals surface area contributed by atoms with Crippen LogP contribution in [0, 0.1) is 5.92 Å². The SMILES string of the molecule is Nc1nc(OCc2ccccc2)c2ncn([C@H]3C[C@H](OCc4ccccc4)[C@@H](COCc4ccccc4)[C@@H]3O)c2n1. The Hall–Kier alpha value is -4.31. The van der Waals surface area contributed by atoms with Gasteiger partial charge in [0.15, 0.2) is 11.2 Å². The van der Waals surface area contributed by atoms with Crippen LogP contribution < -0.4 is 10.5 Å². The summed E-state index contributed by atoms with van der Waals surface area (Å²) < 4.78 is 20.3. The number of nitrogens with zero attached hydrogens (tertiary/aromatic N) is 4. The number of rotatable bonds is 11. The van der Waals surface area contributed by atoms with Gasteiger partial charge in [-0.2, -0.15) is 9.97 Å². The number of aromatic nitrogens is 4. The third-order valence-corrected chi connectivity index (χ3v) is 7.50. The molecule has 0 bridgehead atoms. The largest absolute Gasteiger partial charge is 0.471 e. The van der Waals surface area contributed by atoms with Gasteiger partial charge in [0, 0.05) is 5.92 Å². The summed E-state index contributed by atoms with van der Waals surface area (Å²) in [5.41, 5.74) is 10.2. The Morgan fingerprint density at radius 3 is 2.07 bits per heavy atom. The zero-order valence-electron chi connectivity index (χ0n) is 22.6. The maximum atomic E-state index is 11.6. The molecule has 0 saturated heterocycles. The van der Waals surface area contributed by atoms with Crippen LogP contribution in [-0.4, -0.2) is 43.4 Å². The summed E-state index contributed by atoms with van der Waals surface area (Å²) in [6, 6.07) is 29.5. The van der Waals surface area contributed by atoms with E-state index in [-0.39, 0.29) is 24.0 Å². The number of fused-ring (bicyclic) bond motifs is 1. The predicted molar refractivity (Wildman–Crippen MR) is 155 cm³/mol. The molecule has 6 rings (SSSR count). The Bertz CT molecular complexity index is 1550. The average Bonchev–Trinajstić information content (AvgIpc) is 3.56. The molecule has 0 amide bonds. The van der Waals surface area contributed by atoms with Gasteiger partial charge in [0.25, 0.3) is 0 Å². The molecule has 2 heterocycles. The van der Waals surface area contributed by atoms with E-state index in [0.717, 1.165) is 16.7 Å². The molecule has 4 atom stereocenters. The van der Waals surface area contributed by atoms with Gasteiger partial charge in [0.05, 0.1) is 44.4 Å². The van der Waals surface area contributed by atoms with E-state index in [9.17, 15) is 5.11 Å². The van der Waals surface area contributed by atoms with E-state index < -0.39 is 6.10 Å². The lowest BCUT2D eigenvalue weighted by Gasteiger charge is -2.23. The molecule has 0 unspecified atom stereocenters. The van der Waals surface area contributed by atoms with Gasteiger partial charge in [-0.15, -0.1) is 0 Å². The highest BCUT2D eigenvalue weighted by Gasteiger charge is 2.45. The van der Waals surface area contributed by atoms with Gasteiger partial charge in [-0.25, -0.2) is 4.98 Å². The monoisotopic (exact) mass is 551 g/mol. The molecule has 9 nitrogen and oxygen atoms in total. The minimum Gasteiger partial charge on any atom is -0.471 e. The van der Waals surface area contributed by atoms with Crippen LogP contribution in [0.4, 0.5) is 5.95 Å². The van der Waals surface area contributed by atoms with Crippen LogP contribution in [0.3, 0.4) is 0 Å². The first-order valence-electron chi connectivity index (χ1n) is 13.8. The fraction of sp³-hybridized carbons (Fsp3) is 0.281. The molecular formula is C32H33N5O4. The number of aliphatic hydroxyl groups excluding tert-OH is 1. The quantitative estimate of drug-likeness (QED) is 0.242. The molecule has 0 aliphatic heterocycles. The normalized spacial score (nSPS) is 20.4. The highest BCUT2D eigenvalue weighted by Crippen LogP contribution is 2.40. The smallest absolute Gasteiger partial charge is 0.247 e. The van der Waals surface area contributed by atoms with Gasteiger partial charge < -0.3 is 29.6 Å². The van der Waals surface area contributed by atoms with E-state index in [1.807, 2.05) is 95.6 Å². The van der Waals surface area contributed by atoms with Crippen LogP contribution in [0.5, 0.6) is 5.88 Å². The molecule has 0 spiro atoms. The number of ether oxygens (including phenoxy) is 3. The Morgan fingerprint density at radius 2 is 1.41 bits per heavy atom. The molecule has 3 aromatic carbocycles. The van der Waals surface area contributed by atoms with Crippen LogP contribution in [0.15, 0.2) is 97.3 Å². The van der Waals surface area contributed by atoms with Crippen LogP contribution >= 0.6 is 0 Å². The fourth-order valence-electron chi connectivity index (χ4n) is 5.37. The number of anilines is 1. The molecule has 1 fully saturated rings. The molecule has 210 valence electrons.